The van der Waals surface area contributed by atoms with E-state index in [1.807, 2.05) is 0 Å². The van der Waals surface area contributed by atoms with Gasteiger partial charge in [-0.25, -0.2) is 0 Å². The van der Waals surface area contributed by atoms with Crippen LogP contribution < -0.4 is 10.6 Å². The Morgan fingerprint density at radius 2 is 1.71 bits per heavy atom. The van der Waals surface area contributed by atoms with Gasteiger partial charge in [0.25, 0.3) is 0 Å². The molecule has 0 atom stereocenters. The Balaban J connectivity index is 2.59. The van der Waals surface area contributed by atoms with Crippen molar-refractivity contribution >= 4 is 17.8 Å². The van der Waals surface area contributed by atoms with E-state index in [2.05, 4.69) is 10.6 Å². The molecule has 0 aromatic heterocycles. The van der Waals surface area contributed by atoms with Crippen molar-refractivity contribution in [2.45, 2.75) is 52.4 Å². The van der Waals surface area contributed by atoms with Gasteiger partial charge in [-0.2, -0.15) is 0 Å². The Bertz CT molecular complexity index is 412. The normalized spacial score (nSPS) is 17.9. The predicted molar refractivity (Wildman–Crippen MR) is 78.6 cm³/mol. The molecular formula is C15H26N2O4. The Morgan fingerprint density at radius 3 is 2.19 bits per heavy atom. The van der Waals surface area contributed by atoms with Crippen LogP contribution in [0.2, 0.25) is 0 Å². The summed E-state index contributed by atoms with van der Waals surface area (Å²) in [5, 5.41) is 14.7. The molecule has 6 nitrogen and oxygen atoms in total. The van der Waals surface area contributed by atoms with Gasteiger partial charge in [-0.05, 0) is 26.7 Å². The second-order valence-electron chi connectivity index (χ2n) is 6.56. The fraction of sp³-hybridized carbons (Fsp3) is 0.800. The number of amides is 2. The van der Waals surface area contributed by atoms with E-state index in [9.17, 15) is 19.5 Å². The lowest BCUT2D eigenvalue weighted by molar-refractivity contribution is -0.154. The molecule has 6 heteroatoms. The van der Waals surface area contributed by atoms with E-state index in [0.29, 0.717) is 12.8 Å². The molecular weight excluding hydrogens is 272 g/mol. The zero-order valence-electron chi connectivity index (χ0n) is 13.1. The highest BCUT2D eigenvalue weighted by molar-refractivity contribution is 5.86. The molecule has 3 N–H and O–H groups in total. The van der Waals surface area contributed by atoms with Crippen molar-refractivity contribution < 1.29 is 19.5 Å². The number of nitrogens with one attached hydrogen (secondary N) is 2. The van der Waals surface area contributed by atoms with Crippen molar-refractivity contribution in [3.8, 4) is 0 Å². The molecule has 120 valence electrons. The minimum Gasteiger partial charge on any atom is -0.481 e. The third-order valence-electron chi connectivity index (χ3n) is 4.33. The SMILES string of the molecule is CNC(=O)C(C)(C)CNC(=O)CC1(C(=O)O)CCCCC1. The molecule has 21 heavy (non-hydrogen) atoms. The minimum absolute atomic E-state index is 0.00778. The second kappa shape index (κ2) is 6.91. The summed E-state index contributed by atoms with van der Waals surface area (Å²) in [6, 6.07) is 0. The molecule has 0 saturated heterocycles. The average Bonchev–Trinajstić information content (AvgIpc) is 2.45. The van der Waals surface area contributed by atoms with Crippen molar-refractivity contribution in [3.05, 3.63) is 0 Å². The van der Waals surface area contributed by atoms with E-state index in [-0.39, 0.29) is 24.8 Å². The van der Waals surface area contributed by atoms with Gasteiger partial charge in [0, 0.05) is 20.0 Å². The topological polar surface area (TPSA) is 95.5 Å². The Morgan fingerprint density at radius 1 is 1.14 bits per heavy atom. The summed E-state index contributed by atoms with van der Waals surface area (Å²) in [4.78, 5) is 35.2. The first-order valence-electron chi connectivity index (χ1n) is 7.46. The summed E-state index contributed by atoms with van der Waals surface area (Å²) in [6.07, 6.45) is 3.82. The molecule has 0 heterocycles. The molecule has 1 aliphatic rings. The van der Waals surface area contributed by atoms with E-state index >= 15 is 0 Å². The van der Waals surface area contributed by atoms with Gasteiger partial charge in [-0.3, -0.25) is 14.4 Å². The molecule has 1 saturated carbocycles. The Labute approximate surface area is 125 Å². The first-order valence-corrected chi connectivity index (χ1v) is 7.46. The van der Waals surface area contributed by atoms with Crippen molar-refractivity contribution in [3.63, 3.8) is 0 Å². The third kappa shape index (κ3) is 4.44. The zero-order valence-corrected chi connectivity index (χ0v) is 13.1. The van der Waals surface area contributed by atoms with Gasteiger partial charge in [0.1, 0.15) is 0 Å². The molecule has 0 spiro atoms. The number of hydrogen-bond acceptors (Lipinski definition) is 3. The van der Waals surface area contributed by atoms with Gasteiger partial charge in [0.15, 0.2) is 0 Å². The monoisotopic (exact) mass is 298 g/mol. The highest BCUT2D eigenvalue weighted by Gasteiger charge is 2.41. The highest BCUT2D eigenvalue weighted by atomic mass is 16.4. The maximum Gasteiger partial charge on any atom is 0.310 e. The van der Waals surface area contributed by atoms with Crippen molar-refractivity contribution in [2.24, 2.45) is 10.8 Å². The van der Waals surface area contributed by atoms with Crippen LogP contribution in [-0.2, 0) is 14.4 Å². The molecule has 0 bridgehead atoms. The average molecular weight is 298 g/mol. The number of carboxylic acids is 1. The minimum atomic E-state index is -0.931. The van der Waals surface area contributed by atoms with Crippen LogP contribution in [0, 0.1) is 10.8 Å². The third-order valence-corrected chi connectivity index (χ3v) is 4.33. The van der Waals surface area contributed by atoms with Gasteiger partial charge in [-0.1, -0.05) is 19.3 Å². The largest absolute Gasteiger partial charge is 0.481 e. The number of aliphatic carboxylic acids is 1. The van der Waals surface area contributed by atoms with Crippen LogP contribution in [0.25, 0.3) is 0 Å². The molecule has 0 radical (unpaired) electrons. The van der Waals surface area contributed by atoms with E-state index in [1.165, 1.54) is 0 Å². The number of rotatable bonds is 6. The fourth-order valence-corrected chi connectivity index (χ4v) is 2.80. The quantitative estimate of drug-likeness (QED) is 0.688. The van der Waals surface area contributed by atoms with Crippen LogP contribution >= 0.6 is 0 Å². The smallest absolute Gasteiger partial charge is 0.310 e. The standard InChI is InChI=1S/C15H26N2O4/c1-14(2,12(19)16-3)10-17-11(18)9-15(13(20)21)7-5-4-6-8-15/h4-10H2,1-3H3,(H,16,19)(H,17,18)(H,20,21). The van der Waals surface area contributed by atoms with Crippen molar-refractivity contribution in [2.75, 3.05) is 13.6 Å². The molecule has 2 amide bonds. The lowest BCUT2D eigenvalue weighted by atomic mass is 9.71. The van der Waals surface area contributed by atoms with Crippen LogP contribution in [-0.4, -0.2) is 36.5 Å². The van der Waals surface area contributed by atoms with Crippen molar-refractivity contribution in [1.82, 2.24) is 10.6 Å². The first kappa shape index (κ1) is 17.5. The maximum absolute atomic E-state index is 12.1. The fourth-order valence-electron chi connectivity index (χ4n) is 2.80. The maximum atomic E-state index is 12.1. The molecule has 1 rings (SSSR count). The molecule has 0 aromatic carbocycles. The van der Waals surface area contributed by atoms with Gasteiger partial charge in [0.2, 0.25) is 11.8 Å². The van der Waals surface area contributed by atoms with E-state index in [0.717, 1.165) is 19.3 Å². The number of carboxylic acid groups (broad SMARTS) is 1. The van der Waals surface area contributed by atoms with Crippen molar-refractivity contribution in [1.29, 1.82) is 0 Å². The zero-order chi connectivity index (χ0) is 16.1. The first-order chi connectivity index (χ1) is 9.73. The number of carbonyl (C=O) groups excluding carboxylic acids is 2. The summed E-state index contributed by atoms with van der Waals surface area (Å²) in [7, 11) is 1.55. The predicted octanol–water partition coefficient (Wildman–Crippen LogP) is 1.30. The summed E-state index contributed by atoms with van der Waals surface area (Å²) in [5.74, 6) is -1.34. The van der Waals surface area contributed by atoms with E-state index in [4.69, 9.17) is 0 Å². The summed E-state index contributed by atoms with van der Waals surface area (Å²) in [6.45, 7) is 3.67. The second-order valence-corrected chi connectivity index (χ2v) is 6.56. The van der Waals surface area contributed by atoms with Crippen LogP contribution in [0.3, 0.4) is 0 Å². The molecule has 0 aromatic rings. The molecule has 0 unspecified atom stereocenters. The lowest BCUT2D eigenvalue weighted by Gasteiger charge is -2.33. The van der Waals surface area contributed by atoms with Crippen LogP contribution in [0.1, 0.15) is 52.4 Å². The Kier molecular flexibility index (Phi) is 5.75. The molecule has 1 aliphatic carbocycles. The summed E-state index contributed by atoms with van der Waals surface area (Å²) < 4.78 is 0. The van der Waals surface area contributed by atoms with E-state index < -0.39 is 16.8 Å². The molecule has 0 aliphatic heterocycles. The highest BCUT2D eigenvalue weighted by Crippen LogP contribution is 2.39. The lowest BCUT2D eigenvalue weighted by Crippen LogP contribution is -2.45. The number of hydrogen-bond donors (Lipinski definition) is 3. The summed E-state index contributed by atoms with van der Waals surface area (Å²) in [5.41, 5.74) is -1.65. The van der Waals surface area contributed by atoms with Gasteiger partial charge < -0.3 is 15.7 Å². The van der Waals surface area contributed by atoms with Gasteiger partial charge in [-0.15, -0.1) is 0 Å². The van der Waals surface area contributed by atoms with Crippen LogP contribution in [0.5, 0.6) is 0 Å². The van der Waals surface area contributed by atoms with Gasteiger partial charge in [0.05, 0.1) is 10.8 Å². The van der Waals surface area contributed by atoms with Crippen LogP contribution in [0.15, 0.2) is 0 Å². The summed E-state index contributed by atoms with van der Waals surface area (Å²) >= 11 is 0. The van der Waals surface area contributed by atoms with Crippen LogP contribution in [0.4, 0.5) is 0 Å². The number of carbonyl (C=O) groups is 3. The molecule has 1 fully saturated rings. The Hall–Kier alpha value is -1.59. The van der Waals surface area contributed by atoms with Gasteiger partial charge >= 0.3 is 5.97 Å². The van der Waals surface area contributed by atoms with E-state index in [1.54, 1.807) is 20.9 Å².